The van der Waals surface area contributed by atoms with Gasteiger partial charge in [0.2, 0.25) is 0 Å². The number of aromatic amines is 1. The quantitative estimate of drug-likeness (QED) is 0.598. The lowest BCUT2D eigenvalue weighted by atomic mass is 10.7. The largest absolute Gasteiger partial charge is 0.385 e. The Morgan fingerprint density at radius 3 is 3.08 bits per heavy atom. The molecule has 1 heterocycles. The maximum Gasteiger partial charge on any atom is 0.131 e. The Bertz CT molecular complexity index is 247. The van der Waals surface area contributed by atoms with Crippen LogP contribution in [-0.2, 0) is 5.75 Å². The number of nitrogens with one attached hydrogen (secondary N) is 1. The average Bonchev–Trinajstić information content (AvgIpc) is 2.55. The first-order valence-electron chi connectivity index (χ1n) is 3.77. The maximum absolute atomic E-state index is 5.34. The minimum atomic E-state index is 0.526. The van der Waals surface area contributed by atoms with Crippen molar-refractivity contribution in [2.45, 2.75) is 5.75 Å². The molecular weight excluding hydrogens is 222 g/mol. The van der Waals surface area contributed by atoms with Crippen LogP contribution in [0.4, 0.5) is 0 Å². The number of imidazole rings is 1. The fourth-order valence-electron chi connectivity index (χ4n) is 0.747. The molecule has 1 aromatic heterocycles. The zero-order valence-corrected chi connectivity index (χ0v) is 9.47. The molecule has 0 saturated carbocycles. The second-order valence-corrected chi connectivity index (χ2v) is 5.20. The van der Waals surface area contributed by atoms with Crippen LogP contribution in [-0.4, -0.2) is 25.8 Å². The second-order valence-electron chi connectivity index (χ2n) is 2.26. The van der Waals surface area contributed by atoms with Gasteiger partial charge in [-0.25, -0.2) is 4.98 Å². The van der Waals surface area contributed by atoms with E-state index in [1.165, 1.54) is 11.8 Å². The third kappa shape index (κ3) is 5.17. The Balaban J connectivity index is 1.99. The van der Waals surface area contributed by atoms with E-state index in [1.54, 1.807) is 6.20 Å². The molecule has 1 rings (SSSR count). The van der Waals surface area contributed by atoms with E-state index in [4.69, 9.17) is 18.0 Å². The number of H-pyrrole nitrogens is 1. The van der Waals surface area contributed by atoms with Crippen LogP contribution in [0.25, 0.3) is 0 Å². The summed E-state index contributed by atoms with van der Waals surface area (Å²) in [5, 5.41) is 0. The van der Waals surface area contributed by atoms with E-state index in [2.05, 4.69) is 9.97 Å². The van der Waals surface area contributed by atoms with Gasteiger partial charge >= 0.3 is 0 Å². The highest BCUT2D eigenvalue weighted by molar-refractivity contribution is 8.23. The number of aromatic nitrogens is 2. The summed E-state index contributed by atoms with van der Waals surface area (Å²) in [5.74, 6) is 3.96. The molecule has 0 saturated heterocycles. The Morgan fingerprint density at radius 2 is 2.46 bits per heavy atom. The second kappa shape index (κ2) is 6.28. The topological polar surface area (TPSA) is 54.7 Å². The van der Waals surface area contributed by atoms with Gasteiger partial charge in [0.05, 0.1) is 5.75 Å². The van der Waals surface area contributed by atoms with Crippen molar-refractivity contribution in [1.29, 1.82) is 0 Å². The van der Waals surface area contributed by atoms with Gasteiger partial charge in [0, 0.05) is 23.9 Å². The smallest absolute Gasteiger partial charge is 0.131 e. The van der Waals surface area contributed by atoms with E-state index < -0.39 is 0 Å². The first-order chi connectivity index (χ1) is 6.29. The summed E-state index contributed by atoms with van der Waals surface area (Å²) < 4.78 is 0.526. The highest BCUT2D eigenvalue weighted by Crippen LogP contribution is 2.10. The van der Waals surface area contributed by atoms with Crippen LogP contribution in [0.2, 0.25) is 0 Å². The lowest BCUT2D eigenvalue weighted by molar-refractivity contribution is 1.12. The van der Waals surface area contributed by atoms with Crippen LogP contribution in [0.5, 0.6) is 0 Å². The molecule has 0 unspecified atom stereocenters. The molecule has 0 aliphatic carbocycles. The normalized spacial score (nSPS) is 10.2. The van der Waals surface area contributed by atoms with Crippen LogP contribution < -0.4 is 5.73 Å². The van der Waals surface area contributed by atoms with Gasteiger partial charge < -0.3 is 10.7 Å². The van der Waals surface area contributed by atoms with Crippen molar-refractivity contribution < 1.29 is 0 Å². The van der Waals surface area contributed by atoms with E-state index in [0.29, 0.717) is 4.32 Å². The number of hydrogen-bond acceptors (Lipinski definition) is 4. The first kappa shape index (κ1) is 10.9. The van der Waals surface area contributed by atoms with Gasteiger partial charge in [0.1, 0.15) is 10.1 Å². The van der Waals surface area contributed by atoms with E-state index >= 15 is 0 Å². The van der Waals surface area contributed by atoms with Crippen LogP contribution in [0.15, 0.2) is 12.4 Å². The van der Waals surface area contributed by atoms with E-state index in [9.17, 15) is 0 Å². The number of nitrogens with two attached hydrogens (primary N) is 1. The third-order valence-electron chi connectivity index (χ3n) is 1.27. The highest BCUT2D eigenvalue weighted by Gasteiger charge is 1.95. The summed E-state index contributed by atoms with van der Waals surface area (Å²) in [7, 11) is 0. The van der Waals surface area contributed by atoms with Crippen LogP contribution in [0.1, 0.15) is 5.82 Å². The molecule has 72 valence electrons. The monoisotopic (exact) mass is 233 g/mol. The predicted octanol–water partition coefficient (Wildman–Crippen LogP) is 1.62. The SMILES string of the molecule is NC(=S)SCCSCc1ncc[nH]1. The first-order valence-corrected chi connectivity index (χ1v) is 6.32. The third-order valence-corrected chi connectivity index (χ3v) is 3.54. The predicted molar refractivity (Wildman–Crippen MR) is 64.0 cm³/mol. The summed E-state index contributed by atoms with van der Waals surface area (Å²) in [6.45, 7) is 0. The van der Waals surface area contributed by atoms with E-state index in [-0.39, 0.29) is 0 Å². The Labute approximate surface area is 91.3 Å². The zero-order chi connectivity index (χ0) is 9.52. The fraction of sp³-hybridized carbons (Fsp3) is 0.429. The highest BCUT2D eigenvalue weighted by atomic mass is 32.2. The van der Waals surface area contributed by atoms with Crippen molar-refractivity contribution in [2.75, 3.05) is 11.5 Å². The molecule has 3 N–H and O–H groups in total. The molecule has 3 nitrogen and oxygen atoms in total. The zero-order valence-electron chi connectivity index (χ0n) is 7.03. The average molecular weight is 233 g/mol. The summed E-state index contributed by atoms with van der Waals surface area (Å²) in [4.78, 5) is 7.16. The molecule has 0 radical (unpaired) electrons. The van der Waals surface area contributed by atoms with Gasteiger partial charge in [0.25, 0.3) is 0 Å². The van der Waals surface area contributed by atoms with Gasteiger partial charge in [-0.2, -0.15) is 11.8 Å². The van der Waals surface area contributed by atoms with Gasteiger partial charge in [0.15, 0.2) is 0 Å². The Kier molecular flexibility index (Phi) is 5.26. The molecule has 0 spiro atoms. The van der Waals surface area contributed by atoms with Crippen molar-refractivity contribution in [2.24, 2.45) is 5.73 Å². The van der Waals surface area contributed by atoms with Crippen LogP contribution in [0.3, 0.4) is 0 Å². The van der Waals surface area contributed by atoms with Crippen molar-refractivity contribution in [1.82, 2.24) is 9.97 Å². The van der Waals surface area contributed by atoms with Crippen LogP contribution in [0, 0.1) is 0 Å². The molecule has 13 heavy (non-hydrogen) atoms. The molecule has 0 aliphatic rings. The van der Waals surface area contributed by atoms with E-state index in [0.717, 1.165) is 23.1 Å². The number of thioether (sulfide) groups is 2. The maximum atomic E-state index is 5.34. The fourth-order valence-corrected chi connectivity index (χ4v) is 2.50. The van der Waals surface area contributed by atoms with Crippen molar-refractivity contribution in [3.05, 3.63) is 18.2 Å². The van der Waals surface area contributed by atoms with E-state index in [1.807, 2.05) is 18.0 Å². The lowest BCUT2D eigenvalue weighted by Crippen LogP contribution is -2.03. The van der Waals surface area contributed by atoms with Crippen molar-refractivity contribution in [3.8, 4) is 0 Å². The van der Waals surface area contributed by atoms with Gasteiger partial charge in [-0.05, 0) is 0 Å². The number of rotatable bonds is 5. The molecule has 6 heteroatoms. The number of hydrogen-bond donors (Lipinski definition) is 2. The molecule has 0 amide bonds. The summed E-state index contributed by atoms with van der Waals surface area (Å²) in [5.41, 5.74) is 5.34. The Hall–Kier alpha value is -0.200. The van der Waals surface area contributed by atoms with Crippen molar-refractivity contribution >= 4 is 40.1 Å². The van der Waals surface area contributed by atoms with Crippen LogP contribution >= 0.6 is 35.7 Å². The number of thiocarbonyl (C=S) groups is 1. The standard InChI is InChI=1S/C7H11N3S3/c8-7(11)13-4-3-12-5-6-9-1-2-10-6/h1-2H,3-5H2,(H2,8,11)(H,9,10). The number of nitrogens with zero attached hydrogens (tertiary/aromatic N) is 1. The molecule has 0 bridgehead atoms. The van der Waals surface area contributed by atoms with Gasteiger partial charge in [-0.3, -0.25) is 0 Å². The summed E-state index contributed by atoms with van der Waals surface area (Å²) in [6.07, 6.45) is 3.60. The van der Waals surface area contributed by atoms with Gasteiger partial charge in [-0.1, -0.05) is 24.0 Å². The Morgan fingerprint density at radius 1 is 1.62 bits per heavy atom. The summed E-state index contributed by atoms with van der Waals surface area (Å²) in [6, 6.07) is 0. The van der Waals surface area contributed by atoms with Gasteiger partial charge in [-0.15, -0.1) is 0 Å². The van der Waals surface area contributed by atoms with Crippen molar-refractivity contribution in [3.63, 3.8) is 0 Å². The minimum Gasteiger partial charge on any atom is -0.385 e. The lowest BCUT2D eigenvalue weighted by Gasteiger charge is -1.98. The molecule has 0 aromatic carbocycles. The molecule has 0 fully saturated rings. The molecule has 1 aromatic rings. The minimum absolute atomic E-state index is 0.526. The summed E-state index contributed by atoms with van der Waals surface area (Å²) >= 11 is 8.09. The molecular formula is C7H11N3S3. The molecule has 0 atom stereocenters. The molecule has 0 aliphatic heterocycles.